The number of hydrogen-bond acceptors (Lipinski definition) is 1. The molecule has 0 unspecified atom stereocenters. The SMILES string of the molecule is CCC(CC)N(CC(C)C)C(C)C. The largest absolute Gasteiger partial charge is 0.298 e. The first kappa shape index (κ1) is 13.0. The molecule has 0 aromatic rings. The molecule has 0 rings (SSSR count). The third-order valence-electron chi connectivity index (χ3n) is 2.65. The van der Waals surface area contributed by atoms with E-state index in [1.165, 1.54) is 19.4 Å². The van der Waals surface area contributed by atoms with E-state index in [-0.39, 0.29) is 0 Å². The molecule has 0 saturated heterocycles. The van der Waals surface area contributed by atoms with Gasteiger partial charge in [-0.25, -0.2) is 0 Å². The molecule has 0 radical (unpaired) electrons. The van der Waals surface area contributed by atoms with Crippen molar-refractivity contribution in [3.63, 3.8) is 0 Å². The van der Waals surface area contributed by atoms with Crippen LogP contribution in [0.15, 0.2) is 0 Å². The third kappa shape index (κ3) is 4.66. The van der Waals surface area contributed by atoms with Crippen LogP contribution in [0.3, 0.4) is 0 Å². The molecule has 0 fully saturated rings. The van der Waals surface area contributed by atoms with Crippen molar-refractivity contribution in [1.29, 1.82) is 0 Å². The highest BCUT2D eigenvalue weighted by atomic mass is 15.2. The van der Waals surface area contributed by atoms with E-state index < -0.39 is 0 Å². The minimum absolute atomic E-state index is 0.687. The van der Waals surface area contributed by atoms with Crippen molar-refractivity contribution in [1.82, 2.24) is 4.90 Å². The Kier molecular flexibility index (Phi) is 6.40. The van der Waals surface area contributed by atoms with Crippen LogP contribution >= 0.6 is 0 Å². The van der Waals surface area contributed by atoms with Gasteiger partial charge in [0.15, 0.2) is 0 Å². The van der Waals surface area contributed by atoms with Crippen molar-refractivity contribution < 1.29 is 0 Å². The van der Waals surface area contributed by atoms with E-state index in [0.29, 0.717) is 6.04 Å². The van der Waals surface area contributed by atoms with Crippen molar-refractivity contribution in [3.05, 3.63) is 0 Å². The van der Waals surface area contributed by atoms with Crippen molar-refractivity contribution >= 4 is 0 Å². The molecular formula is C12H27N. The summed E-state index contributed by atoms with van der Waals surface area (Å²) in [5.74, 6) is 0.781. The summed E-state index contributed by atoms with van der Waals surface area (Å²) in [5.41, 5.74) is 0. The van der Waals surface area contributed by atoms with Crippen LogP contribution in [0.4, 0.5) is 0 Å². The molecule has 1 heteroatoms. The van der Waals surface area contributed by atoms with Gasteiger partial charge in [-0.05, 0) is 32.6 Å². The first-order valence-electron chi connectivity index (χ1n) is 5.78. The van der Waals surface area contributed by atoms with Gasteiger partial charge in [-0.15, -0.1) is 0 Å². The van der Waals surface area contributed by atoms with Crippen molar-refractivity contribution in [2.24, 2.45) is 5.92 Å². The van der Waals surface area contributed by atoms with Crippen LogP contribution in [0.5, 0.6) is 0 Å². The first-order chi connectivity index (χ1) is 6.02. The van der Waals surface area contributed by atoms with Gasteiger partial charge in [0.2, 0.25) is 0 Å². The maximum atomic E-state index is 2.64. The quantitative estimate of drug-likeness (QED) is 0.612. The summed E-state index contributed by atoms with van der Waals surface area (Å²) >= 11 is 0. The smallest absolute Gasteiger partial charge is 0.00928 e. The van der Waals surface area contributed by atoms with Crippen molar-refractivity contribution in [2.45, 2.75) is 66.5 Å². The van der Waals surface area contributed by atoms with E-state index in [9.17, 15) is 0 Å². The number of nitrogens with zero attached hydrogens (tertiary/aromatic N) is 1. The minimum Gasteiger partial charge on any atom is -0.298 e. The van der Waals surface area contributed by atoms with E-state index in [1.807, 2.05) is 0 Å². The lowest BCUT2D eigenvalue weighted by molar-refractivity contribution is 0.127. The molecule has 0 aliphatic rings. The van der Waals surface area contributed by atoms with Gasteiger partial charge in [0, 0.05) is 18.6 Å². The maximum Gasteiger partial charge on any atom is 0.00928 e. The zero-order valence-corrected chi connectivity index (χ0v) is 10.3. The number of hydrogen-bond donors (Lipinski definition) is 0. The molecule has 0 atom stereocenters. The van der Waals surface area contributed by atoms with Gasteiger partial charge in [0.25, 0.3) is 0 Å². The fourth-order valence-electron chi connectivity index (χ4n) is 1.96. The monoisotopic (exact) mass is 185 g/mol. The molecule has 0 N–H and O–H groups in total. The van der Waals surface area contributed by atoms with Crippen molar-refractivity contribution in [3.8, 4) is 0 Å². The molecule has 0 bridgehead atoms. The Morgan fingerprint density at radius 2 is 1.38 bits per heavy atom. The van der Waals surface area contributed by atoms with Crippen LogP contribution in [0.25, 0.3) is 0 Å². The topological polar surface area (TPSA) is 3.24 Å². The fourth-order valence-corrected chi connectivity index (χ4v) is 1.96. The Balaban J connectivity index is 4.21. The van der Waals surface area contributed by atoms with E-state index in [1.54, 1.807) is 0 Å². The van der Waals surface area contributed by atoms with Crippen molar-refractivity contribution in [2.75, 3.05) is 6.54 Å². The number of rotatable bonds is 6. The lowest BCUT2D eigenvalue weighted by Crippen LogP contribution is -2.42. The first-order valence-corrected chi connectivity index (χ1v) is 5.78. The summed E-state index contributed by atoms with van der Waals surface area (Å²) in [5, 5.41) is 0. The molecule has 13 heavy (non-hydrogen) atoms. The molecule has 80 valence electrons. The second-order valence-electron chi connectivity index (χ2n) is 4.65. The van der Waals surface area contributed by atoms with Gasteiger partial charge in [-0.1, -0.05) is 27.7 Å². The van der Waals surface area contributed by atoms with Crippen LogP contribution in [-0.4, -0.2) is 23.5 Å². The Hall–Kier alpha value is -0.0400. The zero-order chi connectivity index (χ0) is 10.4. The predicted octanol–water partition coefficient (Wildman–Crippen LogP) is 3.54. The summed E-state index contributed by atoms with van der Waals surface area (Å²) in [4.78, 5) is 2.64. The summed E-state index contributed by atoms with van der Waals surface area (Å²) < 4.78 is 0. The lowest BCUT2D eigenvalue weighted by atomic mass is 10.1. The lowest BCUT2D eigenvalue weighted by Gasteiger charge is -2.35. The molecular weight excluding hydrogens is 158 g/mol. The molecule has 0 amide bonds. The summed E-state index contributed by atoms with van der Waals surface area (Å²) in [6, 6.07) is 1.47. The highest BCUT2D eigenvalue weighted by molar-refractivity contribution is 4.73. The maximum absolute atomic E-state index is 2.64. The third-order valence-corrected chi connectivity index (χ3v) is 2.65. The standard InChI is InChI=1S/C12H27N/c1-7-12(8-2)13(11(5)6)9-10(3)4/h10-12H,7-9H2,1-6H3. The summed E-state index contributed by atoms with van der Waals surface area (Å²) in [6.45, 7) is 15.1. The molecule has 0 aliphatic heterocycles. The van der Waals surface area contributed by atoms with Crippen LogP contribution in [0.1, 0.15) is 54.4 Å². The van der Waals surface area contributed by atoms with Crippen LogP contribution in [0, 0.1) is 5.92 Å². The van der Waals surface area contributed by atoms with Gasteiger partial charge >= 0.3 is 0 Å². The highest BCUT2D eigenvalue weighted by Gasteiger charge is 2.18. The molecule has 0 aromatic carbocycles. The van der Waals surface area contributed by atoms with E-state index in [2.05, 4.69) is 46.4 Å². The van der Waals surface area contributed by atoms with E-state index in [4.69, 9.17) is 0 Å². The van der Waals surface area contributed by atoms with Crippen LogP contribution in [-0.2, 0) is 0 Å². The Bertz CT molecular complexity index is 114. The molecule has 0 aromatic heterocycles. The fraction of sp³-hybridized carbons (Fsp3) is 1.00. The Morgan fingerprint density at radius 1 is 0.923 bits per heavy atom. The zero-order valence-electron chi connectivity index (χ0n) is 10.3. The van der Waals surface area contributed by atoms with Gasteiger partial charge in [-0.2, -0.15) is 0 Å². The van der Waals surface area contributed by atoms with Gasteiger partial charge in [0.1, 0.15) is 0 Å². The summed E-state index contributed by atoms with van der Waals surface area (Å²) in [7, 11) is 0. The molecule has 0 aliphatic carbocycles. The summed E-state index contributed by atoms with van der Waals surface area (Å²) in [6.07, 6.45) is 2.56. The average molecular weight is 185 g/mol. The Morgan fingerprint density at radius 3 is 1.62 bits per heavy atom. The molecule has 1 nitrogen and oxygen atoms in total. The van der Waals surface area contributed by atoms with Crippen LogP contribution < -0.4 is 0 Å². The second-order valence-corrected chi connectivity index (χ2v) is 4.65. The predicted molar refractivity (Wildman–Crippen MR) is 61.1 cm³/mol. The minimum atomic E-state index is 0.687. The van der Waals surface area contributed by atoms with E-state index in [0.717, 1.165) is 12.0 Å². The normalized spacial score (nSPS) is 12.5. The second kappa shape index (κ2) is 6.42. The van der Waals surface area contributed by atoms with Gasteiger partial charge < -0.3 is 0 Å². The average Bonchev–Trinajstić information content (AvgIpc) is 2.04. The van der Waals surface area contributed by atoms with Gasteiger partial charge in [0.05, 0.1) is 0 Å². The van der Waals surface area contributed by atoms with Crippen LogP contribution in [0.2, 0.25) is 0 Å². The van der Waals surface area contributed by atoms with Gasteiger partial charge in [-0.3, -0.25) is 4.90 Å². The molecule has 0 heterocycles. The Labute approximate surface area is 84.5 Å². The molecule has 0 spiro atoms. The highest BCUT2D eigenvalue weighted by Crippen LogP contribution is 2.14. The molecule has 0 saturated carbocycles. The van der Waals surface area contributed by atoms with E-state index >= 15 is 0 Å².